The lowest BCUT2D eigenvalue weighted by Gasteiger charge is -2.10. The third-order valence-corrected chi connectivity index (χ3v) is 5.99. The number of halogens is 5. The van der Waals surface area contributed by atoms with E-state index in [0.29, 0.717) is 21.6 Å². The summed E-state index contributed by atoms with van der Waals surface area (Å²) in [6, 6.07) is 12.8. The maximum absolute atomic E-state index is 13.2. The van der Waals surface area contributed by atoms with Crippen molar-refractivity contribution < 1.29 is 22.4 Å². The van der Waals surface area contributed by atoms with E-state index in [1.54, 1.807) is 24.4 Å². The number of nitrogens with one attached hydrogen (secondary N) is 1. The zero-order valence-electron chi connectivity index (χ0n) is 16.0. The van der Waals surface area contributed by atoms with Crippen molar-refractivity contribution in [3.63, 3.8) is 0 Å². The van der Waals surface area contributed by atoms with Crippen molar-refractivity contribution in [2.75, 3.05) is 5.32 Å². The Balaban J connectivity index is 1.49. The number of nitrogens with zero attached hydrogens (tertiary/aromatic N) is 1. The second-order valence-electron chi connectivity index (χ2n) is 6.71. The van der Waals surface area contributed by atoms with Gasteiger partial charge in [0.15, 0.2) is 10.9 Å². The highest BCUT2D eigenvalue weighted by Gasteiger charge is 2.34. The van der Waals surface area contributed by atoms with Gasteiger partial charge in [0.2, 0.25) is 0 Å². The van der Waals surface area contributed by atoms with Crippen LogP contribution in [0.5, 0.6) is 0 Å². The smallest absolute Gasteiger partial charge is 0.417 e. The van der Waals surface area contributed by atoms with E-state index in [-0.39, 0.29) is 17.1 Å². The number of anilines is 1. The van der Waals surface area contributed by atoms with Crippen molar-refractivity contribution >= 4 is 45.6 Å². The third-order valence-electron chi connectivity index (χ3n) is 4.47. The van der Waals surface area contributed by atoms with Gasteiger partial charge in [-0.1, -0.05) is 41.4 Å². The standard InChI is InChI=1S/C22H13Cl2F3N2O2S/c23-13-5-6-17(24)12(9-13)10-14-11-28-21(32-14)29-20(30)19-8-7-18(31-19)15-3-1-2-4-16(15)22(25,26)27/h1-9,11H,10H2,(H,28,29,30). The van der Waals surface area contributed by atoms with Crippen molar-refractivity contribution in [1.82, 2.24) is 4.98 Å². The van der Waals surface area contributed by atoms with E-state index in [9.17, 15) is 18.0 Å². The normalized spacial score (nSPS) is 11.5. The fourth-order valence-electron chi connectivity index (χ4n) is 3.02. The Morgan fingerprint density at radius 2 is 1.88 bits per heavy atom. The molecule has 0 spiro atoms. The van der Waals surface area contributed by atoms with Crippen molar-refractivity contribution in [3.8, 4) is 11.3 Å². The van der Waals surface area contributed by atoms with Crippen LogP contribution in [0.1, 0.15) is 26.6 Å². The van der Waals surface area contributed by atoms with Crippen LogP contribution in [0.15, 0.2) is 65.2 Å². The van der Waals surface area contributed by atoms with Crippen LogP contribution in [0.4, 0.5) is 18.3 Å². The van der Waals surface area contributed by atoms with E-state index in [2.05, 4.69) is 10.3 Å². The molecular weight excluding hydrogens is 484 g/mol. The summed E-state index contributed by atoms with van der Waals surface area (Å²) in [7, 11) is 0. The molecule has 2 aromatic carbocycles. The van der Waals surface area contributed by atoms with Gasteiger partial charge in [-0.05, 0) is 42.0 Å². The molecule has 10 heteroatoms. The van der Waals surface area contributed by atoms with Gasteiger partial charge in [-0.15, -0.1) is 11.3 Å². The Morgan fingerprint density at radius 3 is 2.66 bits per heavy atom. The molecule has 164 valence electrons. The molecule has 0 bridgehead atoms. The Labute approximate surface area is 194 Å². The largest absolute Gasteiger partial charge is 0.451 e. The topological polar surface area (TPSA) is 55.1 Å². The van der Waals surface area contributed by atoms with Crippen LogP contribution in [-0.4, -0.2) is 10.9 Å². The first-order chi connectivity index (χ1) is 15.2. The zero-order valence-corrected chi connectivity index (χ0v) is 18.4. The Hall–Kier alpha value is -2.81. The Bertz CT molecular complexity index is 1280. The number of carbonyl (C=O) groups is 1. The summed E-state index contributed by atoms with van der Waals surface area (Å²) in [5.74, 6) is -0.812. The molecule has 2 heterocycles. The van der Waals surface area contributed by atoms with Crippen LogP contribution in [-0.2, 0) is 12.6 Å². The van der Waals surface area contributed by atoms with E-state index in [4.69, 9.17) is 27.6 Å². The number of thiazole rings is 1. The molecule has 0 radical (unpaired) electrons. The van der Waals surface area contributed by atoms with Gasteiger partial charge in [0.1, 0.15) is 5.76 Å². The minimum absolute atomic E-state index is 0.0569. The molecule has 0 atom stereocenters. The Kier molecular flexibility index (Phi) is 6.28. The number of rotatable bonds is 5. The molecule has 4 rings (SSSR count). The van der Waals surface area contributed by atoms with Gasteiger partial charge >= 0.3 is 6.18 Å². The van der Waals surface area contributed by atoms with E-state index >= 15 is 0 Å². The average Bonchev–Trinajstić information content (AvgIpc) is 3.40. The van der Waals surface area contributed by atoms with Gasteiger partial charge in [-0.2, -0.15) is 13.2 Å². The molecule has 4 aromatic rings. The first-order valence-corrected chi connectivity index (χ1v) is 10.7. The molecule has 0 aliphatic heterocycles. The predicted molar refractivity (Wildman–Crippen MR) is 118 cm³/mol. The molecule has 0 aliphatic carbocycles. The van der Waals surface area contributed by atoms with Gasteiger partial charge in [0.05, 0.1) is 5.56 Å². The number of amides is 1. The number of benzene rings is 2. The number of furan rings is 1. The van der Waals surface area contributed by atoms with E-state index < -0.39 is 17.6 Å². The lowest BCUT2D eigenvalue weighted by Crippen LogP contribution is -2.10. The summed E-state index contributed by atoms with van der Waals surface area (Å²) in [4.78, 5) is 17.5. The quantitative estimate of drug-likeness (QED) is 0.309. The van der Waals surface area contributed by atoms with E-state index in [0.717, 1.165) is 16.5 Å². The first kappa shape index (κ1) is 22.4. The van der Waals surface area contributed by atoms with Crippen molar-refractivity contribution in [1.29, 1.82) is 0 Å². The Morgan fingerprint density at radius 1 is 1.09 bits per heavy atom. The van der Waals surface area contributed by atoms with Gasteiger partial charge < -0.3 is 4.42 Å². The molecule has 1 amide bonds. The molecule has 0 saturated carbocycles. The second-order valence-corrected chi connectivity index (χ2v) is 8.66. The van der Waals surface area contributed by atoms with Crippen LogP contribution in [0.25, 0.3) is 11.3 Å². The van der Waals surface area contributed by atoms with Crippen molar-refractivity contribution in [2.45, 2.75) is 12.6 Å². The van der Waals surface area contributed by atoms with Crippen LogP contribution in [0.3, 0.4) is 0 Å². The number of hydrogen-bond acceptors (Lipinski definition) is 4. The maximum atomic E-state index is 13.2. The zero-order chi connectivity index (χ0) is 22.9. The minimum Gasteiger partial charge on any atom is -0.451 e. The summed E-state index contributed by atoms with van der Waals surface area (Å²) >= 11 is 13.4. The summed E-state index contributed by atoms with van der Waals surface area (Å²) in [5, 5.41) is 4.03. The monoisotopic (exact) mass is 496 g/mol. The molecule has 1 N–H and O–H groups in total. The lowest BCUT2D eigenvalue weighted by atomic mass is 10.1. The average molecular weight is 497 g/mol. The predicted octanol–water partition coefficient (Wildman–Crippen LogP) is 7.57. The molecule has 32 heavy (non-hydrogen) atoms. The molecule has 0 unspecified atom stereocenters. The van der Waals surface area contributed by atoms with Crippen molar-refractivity contribution in [2.24, 2.45) is 0 Å². The molecule has 0 aliphatic rings. The number of aromatic nitrogens is 1. The van der Waals surface area contributed by atoms with Gasteiger partial charge in [0, 0.05) is 33.1 Å². The van der Waals surface area contributed by atoms with Crippen molar-refractivity contribution in [3.05, 3.63) is 92.6 Å². The summed E-state index contributed by atoms with van der Waals surface area (Å²) in [6.45, 7) is 0. The fraction of sp³-hybridized carbons (Fsp3) is 0.0909. The molecular formula is C22H13Cl2F3N2O2S. The van der Waals surface area contributed by atoms with Crippen LogP contribution in [0, 0.1) is 0 Å². The SMILES string of the molecule is O=C(Nc1ncc(Cc2cc(Cl)ccc2Cl)s1)c1ccc(-c2ccccc2C(F)(F)F)o1. The highest BCUT2D eigenvalue weighted by atomic mass is 35.5. The molecule has 0 fully saturated rings. The number of alkyl halides is 3. The van der Waals surface area contributed by atoms with E-state index in [1.807, 2.05) is 0 Å². The molecule has 0 saturated heterocycles. The molecule has 4 nitrogen and oxygen atoms in total. The van der Waals surface area contributed by atoms with Gasteiger partial charge in [0.25, 0.3) is 5.91 Å². The van der Waals surface area contributed by atoms with Gasteiger partial charge in [-0.25, -0.2) is 4.98 Å². The molecule has 2 aromatic heterocycles. The second kappa shape index (κ2) is 8.97. The van der Waals surface area contributed by atoms with Gasteiger partial charge in [-0.3, -0.25) is 10.1 Å². The van der Waals surface area contributed by atoms with Crippen LogP contribution in [0.2, 0.25) is 10.0 Å². The number of hydrogen-bond donors (Lipinski definition) is 1. The highest BCUT2D eigenvalue weighted by molar-refractivity contribution is 7.15. The summed E-state index contributed by atoms with van der Waals surface area (Å²) < 4.78 is 45.2. The minimum atomic E-state index is -4.55. The third kappa shape index (κ3) is 4.98. The van der Waals surface area contributed by atoms with Crippen LogP contribution < -0.4 is 5.32 Å². The van der Waals surface area contributed by atoms with E-state index in [1.165, 1.54) is 41.7 Å². The first-order valence-electron chi connectivity index (χ1n) is 9.17. The summed E-state index contributed by atoms with van der Waals surface area (Å²) in [5.41, 5.74) is -0.167. The highest BCUT2D eigenvalue weighted by Crippen LogP contribution is 2.37. The lowest BCUT2D eigenvalue weighted by molar-refractivity contribution is -0.137. The van der Waals surface area contributed by atoms with Crippen LogP contribution >= 0.6 is 34.5 Å². The maximum Gasteiger partial charge on any atom is 0.417 e. The fourth-order valence-corrected chi connectivity index (χ4v) is 4.23. The number of carbonyl (C=O) groups excluding carboxylic acids is 1. The summed E-state index contributed by atoms with van der Waals surface area (Å²) in [6.07, 6.45) is -2.47.